The third-order valence-electron chi connectivity index (χ3n) is 5.55. The van der Waals surface area contributed by atoms with Gasteiger partial charge >= 0.3 is 0 Å². The Hall–Kier alpha value is -3.49. The van der Waals surface area contributed by atoms with Gasteiger partial charge in [-0.05, 0) is 42.2 Å². The Kier molecular flexibility index (Phi) is 7.72. The van der Waals surface area contributed by atoms with Crippen LogP contribution in [-0.2, 0) is 21.2 Å². The zero-order valence-corrected chi connectivity index (χ0v) is 19.6. The third kappa shape index (κ3) is 6.52. The van der Waals surface area contributed by atoms with E-state index in [1.54, 1.807) is 12.1 Å². The maximum atomic E-state index is 12.7. The molecule has 3 aromatic rings. The first-order valence-corrected chi connectivity index (χ1v) is 12.8. The monoisotopic (exact) mass is 476 g/mol. The number of hydrogen-bond acceptors (Lipinski definition) is 5. The molecular weight excluding hydrogens is 448 g/mol. The minimum atomic E-state index is -3.75. The summed E-state index contributed by atoms with van der Waals surface area (Å²) >= 11 is 0. The van der Waals surface area contributed by atoms with E-state index >= 15 is 0 Å². The smallest absolute Gasteiger partial charge is 0.262 e. The number of rotatable bonds is 9. The number of amidine groups is 1. The number of carbonyl (C=O) groups is 1. The first-order chi connectivity index (χ1) is 16.5. The molecule has 1 atom stereocenters. The van der Waals surface area contributed by atoms with Gasteiger partial charge in [0.1, 0.15) is 5.84 Å². The van der Waals surface area contributed by atoms with Crippen LogP contribution in [0, 0.1) is 0 Å². The molecule has 0 bridgehead atoms. The number of nitrogens with zero attached hydrogens (tertiary/aromatic N) is 1. The molecule has 1 heterocycles. The van der Waals surface area contributed by atoms with Crippen molar-refractivity contribution in [1.29, 1.82) is 0 Å². The quantitative estimate of drug-likeness (QED) is 0.439. The first kappa shape index (κ1) is 23.7. The second-order valence-corrected chi connectivity index (χ2v) is 9.83. The molecule has 8 heteroatoms. The van der Waals surface area contributed by atoms with E-state index in [2.05, 4.69) is 32.5 Å². The zero-order valence-electron chi connectivity index (χ0n) is 18.8. The van der Waals surface area contributed by atoms with Crippen molar-refractivity contribution in [1.82, 2.24) is 10.0 Å². The molecule has 0 fully saturated rings. The molecule has 0 spiro atoms. The lowest BCUT2D eigenvalue weighted by molar-refractivity contribution is -0.115. The zero-order chi connectivity index (χ0) is 23.8. The Morgan fingerprint density at radius 1 is 0.941 bits per heavy atom. The standard InChI is InChI=1S/C26H28N4O3S/c31-26(19-28-24(21-11-5-2-6-12-21)17-20-9-3-1-4-10-20)29-22-13-7-14-23(18-22)34(32,33)30-25-15-8-16-27-25/h1-7,9-14,18,24,28H,8,15-17,19H2,(H,27,30)(H,29,31). The van der Waals surface area contributed by atoms with Crippen molar-refractivity contribution in [3.63, 3.8) is 0 Å². The van der Waals surface area contributed by atoms with Crippen LogP contribution in [0.3, 0.4) is 0 Å². The topological polar surface area (TPSA) is 99.7 Å². The molecule has 0 aromatic heterocycles. The van der Waals surface area contributed by atoms with Gasteiger partial charge in [0.15, 0.2) is 0 Å². The number of carbonyl (C=O) groups excluding carboxylic acids is 1. The maximum Gasteiger partial charge on any atom is 0.262 e. The average Bonchev–Trinajstić information content (AvgIpc) is 3.35. The average molecular weight is 477 g/mol. The summed E-state index contributed by atoms with van der Waals surface area (Å²) < 4.78 is 27.8. The highest BCUT2D eigenvalue weighted by molar-refractivity contribution is 7.90. The molecule has 3 N–H and O–H groups in total. The minimum Gasteiger partial charge on any atom is -0.325 e. The van der Waals surface area contributed by atoms with Crippen LogP contribution in [0.2, 0.25) is 0 Å². The van der Waals surface area contributed by atoms with E-state index in [9.17, 15) is 13.2 Å². The molecule has 1 aliphatic heterocycles. The maximum absolute atomic E-state index is 12.7. The summed E-state index contributed by atoms with van der Waals surface area (Å²) in [5.41, 5.74) is 2.68. The Balaban J connectivity index is 1.40. The van der Waals surface area contributed by atoms with Crippen molar-refractivity contribution in [2.24, 2.45) is 4.99 Å². The van der Waals surface area contributed by atoms with E-state index in [0.29, 0.717) is 24.5 Å². The predicted octanol–water partition coefficient (Wildman–Crippen LogP) is 3.67. The lowest BCUT2D eigenvalue weighted by Gasteiger charge is -2.19. The summed E-state index contributed by atoms with van der Waals surface area (Å²) in [6.07, 6.45) is 2.20. The van der Waals surface area contributed by atoms with E-state index in [-0.39, 0.29) is 23.4 Å². The van der Waals surface area contributed by atoms with Crippen molar-refractivity contribution in [3.8, 4) is 0 Å². The van der Waals surface area contributed by atoms with Crippen LogP contribution in [0.25, 0.3) is 0 Å². The summed E-state index contributed by atoms with van der Waals surface area (Å²) in [4.78, 5) is 16.9. The lowest BCUT2D eigenvalue weighted by atomic mass is 9.99. The Morgan fingerprint density at radius 2 is 1.68 bits per heavy atom. The molecule has 34 heavy (non-hydrogen) atoms. The summed E-state index contributed by atoms with van der Waals surface area (Å²) in [5, 5.41) is 6.13. The molecule has 4 rings (SSSR count). The number of anilines is 1. The van der Waals surface area contributed by atoms with E-state index in [1.165, 1.54) is 17.7 Å². The second kappa shape index (κ2) is 11.1. The van der Waals surface area contributed by atoms with Gasteiger partial charge in [0.2, 0.25) is 5.91 Å². The molecular formula is C26H28N4O3S. The molecule has 1 amide bonds. The molecule has 0 saturated heterocycles. The van der Waals surface area contributed by atoms with Crippen molar-refractivity contribution < 1.29 is 13.2 Å². The van der Waals surface area contributed by atoms with Gasteiger partial charge in [-0.25, -0.2) is 8.42 Å². The fraction of sp³-hybridized carbons (Fsp3) is 0.231. The summed E-state index contributed by atoms with van der Waals surface area (Å²) in [5.74, 6) is 0.223. The predicted molar refractivity (Wildman–Crippen MR) is 134 cm³/mol. The van der Waals surface area contributed by atoms with Gasteiger partial charge < -0.3 is 10.6 Å². The fourth-order valence-corrected chi connectivity index (χ4v) is 4.98. The largest absolute Gasteiger partial charge is 0.325 e. The van der Waals surface area contributed by atoms with E-state index in [1.807, 2.05) is 48.5 Å². The van der Waals surface area contributed by atoms with Gasteiger partial charge in [0, 0.05) is 24.7 Å². The van der Waals surface area contributed by atoms with Gasteiger partial charge in [-0.3, -0.25) is 14.5 Å². The Labute approximate surface area is 200 Å². The van der Waals surface area contributed by atoms with Gasteiger partial charge in [-0.2, -0.15) is 0 Å². The lowest BCUT2D eigenvalue weighted by Crippen LogP contribution is -2.32. The second-order valence-electron chi connectivity index (χ2n) is 8.15. The number of benzene rings is 3. The summed E-state index contributed by atoms with van der Waals surface area (Å²) in [7, 11) is -3.75. The van der Waals surface area contributed by atoms with Crippen LogP contribution in [0.5, 0.6) is 0 Å². The fourth-order valence-electron chi connectivity index (χ4n) is 3.84. The normalized spacial score (nSPS) is 14.3. The highest BCUT2D eigenvalue weighted by Crippen LogP contribution is 2.19. The summed E-state index contributed by atoms with van der Waals surface area (Å²) in [6, 6.07) is 26.3. The van der Waals surface area contributed by atoms with Crippen molar-refractivity contribution in [2.75, 3.05) is 18.4 Å². The molecule has 7 nitrogen and oxygen atoms in total. The molecule has 1 unspecified atom stereocenters. The molecule has 3 aromatic carbocycles. The summed E-state index contributed by atoms with van der Waals surface area (Å²) in [6.45, 7) is 0.716. The van der Waals surface area contributed by atoms with Gasteiger partial charge in [-0.1, -0.05) is 66.7 Å². The Morgan fingerprint density at radius 3 is 2.38 bits per heavy atom. The van der Waals surface area contributed by atoms with Crippen molar-refractivity contribution >= 4 is 27.5 Å². The molecule has 0 aliphatic carbocycles. The first-order valence-electron chi connectivity index (χ1n) is 11.3. The molecule has 0 saturated carbocycles. The van der Waals surface area contributed by atoms with Crippen LogP contribution >= 0.6 is 0 Å². The van der Waals surface area contributed by atoms with Crippen molar-refractivity contribution in [2.45, 2.75) is 30.2 Å². The Bertz CT molecular complexity index is 1250. The van der Waals surface area contributed by atoms with Gasteiger partial charge in [-0.15, -0.1) is 0 Å². The number of sulfonamides is 1. The van der Waals surface area contributed by atoms with Gasteiger partial charge in [0.05, 0.1) is 11.4 Å². The molecule has 176 valence electrons. The van der Waals surface area contributed by atoms with Crippen LogP contribution in [-0.4, -0.2) is 33.3 Å². The molecule has 1 aliphatic rings. The molecule has 0 radical (unpaired) electrons. The number of nitrogens with one attached hydrogen (secondary N) is 3. The van der Waals surface area contributed by atoms with Crippen LogP contribution in [0.1, 0.15) is 30.0 Å². The number of amides is 1. The third-order valence-corrected chi connectivity index (χ3v) is 6.93. The highest BCUT2D eigenvalue weighted by Gasteiger charge is 2.19. The van der Waals surface area contributed by atoms with Gasteiger partial charge in [0.25, 0.3) is 10.0 Å². The van der Waals surface area contributed by atoms with Crippen LogP contribution < -0.4 is 15.4 Å². The highest BCUT2D eigenvalue weighted by atomic mass is 32.2. The van der Waals surface area contributed by atoms with Crippen molar-refractivity contribution in [3.05, 3.63) is 96.1 Å². The van der Waals surface area contributed by atoms with E-state index in [4.69, 9.17) is 0 Å². The van der Waals surface area contributed by atoms with Crippen LogP contribution in [0.15, 0.2) is 94.8 Å². The SMILES string of the molecule is O=C(CNC(Cc1ccccc1)c1ccccc1)Nc1cccc(S(=O)(=O)NC2=NCCC2)c1. The number of aliphatic imine (C=N–C) groups is 1. The van der Waals surface area contributed by atoms with E-state index < -0.39 is 10.0 Å². The number of hydrogen-bond donors (Lipinski definition) is 3. The minimum absolute atomic E-state index is 0.0440. The van der Waals surface area contributed by atoms with E-state index in [0.717, 1.165) is 18.4 Å². The van der Waals surface area contributed by atoms with Crippen LogP contribution in [0.4, 0.5) is 5.69 Å².